The summed E-state index contributed by atoms with van der Waals surface area (Å²) in [6.45, 7) is 4.36. The van der Waals surface area contributed by atoms with Crippen molar-refractivity contribution in [3.8, 4) is 0 Å². The predicted molar refractivity (Wildman–Crippen MR) is 102 cm³/mol. The number of nitrogens with zero attached hydrogens (tertiary/aromatic N) is 3. The monoisotopic (exact) mass is 365 g/mol. The number of aryl methyl sites for hydroxylation is 1. The van der Waals surface area contributed by atoms with Gasteiger partial charge in [0.05, 0.1) is 17.5 Å². The molecule has 0 saturated carbocycles. The summed E-state index contributed by atoms with van der Waals surface area (Å²) in [5.41, 5.74) is 3.30. The van der Waals surface area contributed by atoms with Crippen molar-refractivity contribution in [1.29, 1.82) is 0 Å². The molecule has 1 saturated heterocycles. The first-order chi connectivity index (χ1) is 13.1. The average molecular weight is 365 g/mol. The van der Waals surface area contributed by atoms with Crippen LogP contribution in [0.1, 0.15) is 28.3 Å². The summed E-state index contributed by atoms with van der Waals surface area (Å²) >= 11 is 0. The number of hydrogen-bond acceptors (Lipinski definition) is 3. The molecule has 0 radical (unpaired) electrons. The summed E-state index contributed by atoms with van der Waals surface area (Å²) in [5, 5.41) is 0. The van der Waals surface area contributed by atoms with E-state index in [0.717, 1.165) is 29.0 Å². The topological polar surface area (TPSA) is 85.1 Å². The van der Waals surface area contributed by atoms with Gasteiger partial charge in [0, 0.05) is 43.6 Å². The highest BCUT2D eigenvalue weighted by molar-refractivity contribution is 5.97. The van der Waals surface area contributed by atoms with Gasteiger partial charge in [0.25, 0.3) is 5.91 Å². The van der Waals surface area contributed by atoms with E-state index in [1.807, 2.05) is 53.3 Å². The lowest BCUT2D eigenvalue weighted by Crippen LogP contribution is -2.38. The molecule has 2 aromatic heterocycles. The first-order valence-electron chi connectivity index (χ1n) is 9.26. The summed E-state index contributed by atoms with van der Waals surface area (Å²) in [4.78, 5) is 39.7. The van der Waals surface area contributed by atoms with Gasteiger partial charge in [0.2, 0.25) is 5.91 Å². The standard InChI is InChI=1S/C20H23N5O2/c1-14-22-17-6-5-15(12-18(17)23-14)20(27)25-9-3-8-24(10-11-25)19(26)13-16-4-2-7-21-16/h2,4-7,12,21H,3,8-11,13H2,1H3,(H,22,23). The van der Waals surface area contributed by atoms with Gasteiger partial charge >= 0.3 is 0 Å². The number of benzene rings is 1. The summed E-state index contributed by atoms with van der Waals surface area (Å²) in [6, 6.07) is 9.36. The molecule has 0 atom stereocenters. The molecule has 1 aliphatic rings. The lowest BCUT2D eigenvalue weighted by molar-refractivity contribution is -0.130. The molecule has 2 N–H and O–H groups in total. The van der Waals surface area contributed by atoms with Crippen LogP contribution in [0.15, 0.2) is 36.5 Å². The second-order valence-corrected chi connectivity index (χ2v) is 6.95. The van der Waals surface area contributed by atoms with E-state index < -0.39 is 0 Å². The molecule has 2 amide bonds. The van der Waals surface area contributed by atoms with E-state index in [9.17, 15) is 9.59 Å². The van der Waals surface area contributed by atoms with Gasteiger partial charge in [-0.3, -0.25) is 9.59 Å². The van der Waals surface area contributed by atoms with E-state index >= 15 is 0 Å². The molecular weight excluding hydrogens is 342 g/mol. The van der Waals surface area contributed by atoms with E-state index in [2.05, 4.69) is 15.0 Å². The summed E-state index contributed by atoms with van der Waals surface area (Å²) in [7, 11) is 0. The molecule has 1 fully saturated rings. The zero-order valence-electron chi connectivity index (χ0n) is 15.4. The van der Waals surface area contributed by atoms with Crippen molar-refractivity contribution in [3.05, 3.63) is 53.6 Å². The van der Waals surface area contributed by atoms with Gasteiger partial charge in [0.15, 0.2) is 0 Å². The number of carbonyl (C=O) groups is 2. The van der Waals surface area contributed by atoms with Crippen molar-refractivity contribution < 1.29 is 9.59 Å². The van der Waals surface area contributed by atoms with Crippen LogP contribution in [0.5, 0.6) is 0 Å². The molecule has 1 aromatic carbocycles. The van der Waals surface area contributed by atoms with E-state index in [1.54, 1.807) is 0 Å². The van der Waals surface area contributed by atoms with Crippen molar-refractivity contribution >= 4 is 22.8 Å². The highest BCUT2D eigenvalue weighted by Gasteiger charge is 2.23. The minimum atomic E-state index is 0.00261. The number of nitrogens with one attached hydrogen (secondary N) is 2. The minimum Gasteiger partial charge on any atom is -0.365 e. The molecule has 27 heavy (non-hydrogen) atoms. The molecule has 0 spiro atoms. The molecule has 7 heteroatoms. The Bertz CT molecular complexity index is 960. The first kappa shape index (κ1) is 17.3. The van der Waals surface area contributed by atoms with Crippen LogP contribution in [-0.4, -0.2) is 62.7 Å². The van der Waals surface area contributed by atoms with Crippen LogP contribution < -0.4 is 0 Å². The van der Waals surface area contributed by atoms with Crippen molar-refractivity contribution in [3.63, 3.8) is 0 Å². The quantitative estimate of drug-likeness (QED) is 0.745. The van der Waals surface area contributed by atoms with E-state index in [1.165, 1.54) is 0 Å². The highest BCUT2D eigenvalue weighted by Crippen LogP contribution is 2.16. The smallest absolute Gasteiger partial charge is 0.253 e. The molecule has 140 valence electrons. The highest BCUT2D eigenvalue weighted by atomic mass is 16.2. The molecule has 3 heterocycles. The van der Waals surface area contributed by atoms with Crippen LogP contribution in [0, 0.1) is 6.92 Å². The second-order valence-electron chi connectivity index (χ2n) is 6.95. The van der Waals surface area contributed by atoms with Crippen molar-refractivity contribution in [2.24, 2.45) is 0 Å². The van der Waals surface area contributed by atoms with Crippen LogP contribution in [0.3, 0.4) is 0 Å². The first-order valence-corrected chi connectivity index (χ1v) is 9.26. The molecule has 3 aromatic rings. The Labute approximate surface area is 157 Å². The number of hydrogen-bond donors (Lipinski definition) is 2. The van der Waals surface area contributed by atoms with Crippen LogP contribution in [0.2, 0.25) is 0 Å². The zero-order valence-corrected chi connectivity index (χ0v) is 15.4. The zero-order chi connectivity index (χ0) is 18.8. The summed E-state index contributed by atoms with van der Waals surface area (Å²) in [6.07, 6.45) is 2.98. The Kier molecular flexibility index (Phi) is 4.66. The Hall–Kier alpha value is -3.09. The van der Waals surface area contributed by atoms with Gasteiger partial charge in [-0.2, -0.15) is 0 Å². The third-order valence-corrected chi connectivity index (χ3v) is 4.99. The fourth-order valence-corrected chi connectivity index (χ4v) is 3.57. The van der Waals surface area contributed by atoms with Gasteiger partial charge < -0.3 is 19.8 Å². The number of H-pyrrole nitrogens is 2. The van der Waals surface area contributed by atoms with Gasteiger partial charge in [0.1, 0.15) is 5.82 Å². The number of carbonyl (C=O) groups excluding carboxylic acids is 2. The number of fused-ring (bicyclic) bond motifs is 1. The van der Waals surface area contributed by atoms with Crippen molar-refractivity contribution in [2.75, 3.05) is 26.2 Å². The van der Waals surface area contributed by atoms with Crippen molar-refractivity contribution in [1.82, 2.24) is 24.8 Å². The third kappa shape index (κ3) is 3.72. The largest absolute Gasteiger partial charge is 0.365 e. The fourth-order valence-electron chi connectivity index (χ4n) is 3.57. The molecule has 7 nitrogen and oxygen atoms in total. The fraction of sp³-hybridized carbons (Fsp3) is 0.350. The Morgan fingerprint density at radius 2 is 1.93 bits per heavy atom. The number of aromatic amines is 2. The van der Waals surface area contributed by atoms with Crippen LogP contribution >= 0.6 is 0 Å². The van der Waals surface area contributed by atoms with Crippen LogP contribution in [-0.2, 0) is 11.2 Å². The van der Waals surface area contributed by atoms with Gasteiger partial charge in [-0.1, -0.05) is 0 Å². The number of imidazole rings is 1. The normalized spacial score (nSPS) is 15.1. The second kappa shape index (κ2) is 7.26. The summed E-state index contributed by atoms with van der Waals surface area (Å²) in [5.74, 6) is 0.935. The Balaban J connectivity index is 1.42. The molecule has 0 bridgehead atoms. The van der Waals surface area contributed by atoms with Crippen molar-refractivity contribution in [2.45, 2.75) is 19.8 Å². The van der Waals surface area contributed by atoms with E-state index in [0.29, 0.717) is 38.2 Å². The Morgan fingerprint density at radius 3 is 2.74 bits per heavy atom. The third-order valence-electron chi connectivity index (χ3n) is 4.99. The maximum atomic E-state index is 12.9. The van der Waals surface area contributed by atoms with Gasteiger partial charge in [-0.25, -0.2) is 4.98 Å². The van der Waals surface area contributed by atoms with E-state index in [-0.39, 0.29) is 11.8 Å². The molecule has 4 rings (SSSR count). The molecule has 0 unspecified atom stereocenters. The van der Waals surface area contributed by atoms with Gasteiger partial charge in [-0.15, -0.1) is 0 Å². The average Bonchev–Trinajstić information content (AvgIpc) is 3.21. The lowest BCUT2D eigenvalue weighted by atomic mass is 10.1. The molecule has 0 aliphatic carbocycles. The molecule has 1 aliphatic heterocycles. The predicted octanol–water partition coefficient (Wildman–Crippen LogP) is 2.12. The maximum Gasteiger partial charge on any atom is 0.253 e. The number of rotatable bonds is 3. The van der Waals surface area contributed by atoms with Crippen LogP contribution in [0.4, 0.5) is 0 Å². The van der Waals surface area contributed by atoms with E-state index in [4.69, 9.17) is 0 Å². The lowest BCUT2D eigenvalue weighted by Gasteiger charge is -2.22. The SMILES string of the molecule is Cc1nc2ccc(C(=O)N3CCCN(C(=O)Cc4ccc[nH]4)CC3)cc2[nH]1. The number of amides is 2. The van der Waals surface area contributed by atoms with Crippen LogP contribution in [0.25, 0.3) is 11.0 Å². The number of aromatic nitrogens is 3. The molecular formula is C20H23N5O2. The maximum absolute atomic E-state index is 12.9. The Morgan fingerprint density at radius 1 is 1.11 bits per heavy atom. The van der Waals surface area contributed by atoms with Gasteiger partial charge in [-0.05, 0) is 43.7 Å². The minimum absolute atomic E-state index is 0.00261. The summed E-state index contributed by atoms with van der Waals surface area (Å²) < 4.78 is 0.